The van der Waals surface area contributed by atoms with Gasteiger partial charge >= 0.3 is 11.9 Å². The number of ether oxygens (including phenoxy) is 4. The van der Waals surface area contributed by atoms with E-state index >= 15 is 0 Å². The van der Waals surface area contributed by atoms with Crippen molar-refractivity contribution in [1.82, 2.24) is 0 Å². The topological polar surface area (TPSA) is 91.3 Å². The van der Waals surface area contributed by atoms with E-state index in [-0.39, 0.29) is 47.0 Å². The van der Waals surface area contributed by atoms with Crippen molar-refractivity contribution in [3.63, 3.8) is 0 Å². The lowest BCUT2D eigenvalue weighted by Gasteiger charge is -2.63. The molecule has 0 spiro atoms. The summed E-state index contributed by atoms with van der Waals surface area (Å²) in [5.74, 6) is 1.76. The van der Waals surface area contributed by atoms with Gasteiger partial charge < -0.3 is 24.1 Å². The molecule has 4 aliphatic rings. The van der Waals surface area contributed by atoms with Crippen LogP contribution in [0.25, 0.3) is 0 Å². The number of carbonyl (C=O) groups excluding carboxylic acids is 2. The van der Waals surface area contributed by atoms with E-state index < -0.39 is 0 Å². The molecule has 0 saturated heterocycles. The van der Waals surface area contributed by atoms with E-state index in [1.165, 1.54) is 14.0 Å². The van der Waals surface area contributed by atoms with Crippen LogP contribution in [0.1, 0.15) is 85.5 Å². The van der Waals surface area contributed by atoms with Gasteiger partial charge in [0.2, 0.25) is 0 Å². The van der Waals surface area contributed by atoms with Crippen LogP contribution < -0.4 is 0 Å². The van der Waals surface area contributed by atoms with Crippen LogP contribution in [0.5, 0.6) is 0 Å². The van der Waals surface area contributed by atoms with Gasteiger partial charge in [-0.05, 0) is 92.3 Å². The average Bonchev–Trinajstić information content (AvgIpc) is 3.20. The van der Waals surface area contributed by atoms with Crippen molar-refractivity contribution >= 4 is 11.9 Å². The lowest BCUT2D eigenvalue weighted by molar-refractivity contribution is -0.218. The first-order valence-corrected chi connectivity index (χ1v) is 14.1. The Kier molecular flexibility index (Phi) is 8.43. The zero-order valence-corrected chi connectivity index (χ0v) is 23.2. The van der Waals surface area contributed by atoms with Gasteiger partial charge in [-0.2, -0.15) is 0 Å². The molecule has 4 saturated carbocycles. The fraction of sp³-hybridized carbons (Fsp3) is 0.931. The Labute approximate surface area is 217 Å². The van der Waals surface area contributed by atoms with Crippen molar-refractivity contribution in [3.8, 4) is 0 Å². The summed E-state index contributed by atoms with van der Waals surface area (Å²) in [5, 5.41) is 11.5. The molecule has 1 N–H and O–H groups in total. The lowest BCUT2D eigenvalue weighted by Crippen LogP contribution is -2.62. The van der Waals surface area contributed by atoms with Crippen molar-refractivity contribution in [3.05, 3.63) is 0 Å². The maximum absolute atomic E-state index is 12.3. The number of methoxy groups -OCH3 is 2. The molecule has 0 aromatic rings. The van der Waals surface area contributed by atoms with E-state index in [2.05, 4.69) is 20.8 Å². The number of carbonyl (C=O) groups is 2. The van der Waals surface area contributed by atoms with Crippen LogP contribution in [0, 0.1) is 46.3 Å². The third kappa shape index (κ3) is 4.84. The molecule has 0 amide bonds. The van der Waals surface area contributed by atoms with Crippen molar-refractivity contribution in [2.75, 3.05) is 21.0 Å². The van der Waals surface area contributed by atoms with Gasteiger partial charge in [0.1, 0.15) is 12.9 Å². The smallest absolute Gasteiger partial charge is 0.305 e. The van der Waals surface area contributed by atoms with Crippen LogP contribution in [0.2, 0.25) is 0 Å². The third-order valence-corrected chi connectivity index (χ3v) is 11.2. The predicted octanol–water partition coefficient (Wildman–Crippen LogP) is 4.74. The highest BCUT2D eigenvalue weighted by atomic mass is 16.7. The standard InChI is InChI=1S/C29H48O7/c1-17(7-10-27(32)34-6)21-8-9-22-20-14-25(31)24-13-19(35-16-33-5)11-12-28(24,3)23(20)15-26(29(21,22)4)36-18(2)30/h17,19-26,31H,7-16H2,1-6H3/t17-,19+,20+,21-,22+,23+,24-,25+,26+,28-,29-/m1/s1. The van der Waals surface area contributed by atoms with Gasteiger partial charge in [0, 0.05) is 25.9 Å². The van der Waals surface area contributed by atoms with Crippen molar-refractivity contribution in [1.29, 1.82) is 0 Å². The molecule has 11 atom stereocenters. The van der Waals surface area contributed by atoms with E-state index in [0.29, 0.717) is 42.8 Å². The zero-order chi connectivity index (χ0) is 26.3. The summed E-state index contributed by atoms with van der Waals surface area (Å²) in [6.45, 7) is 8.78. The van der Waals surface area contributed by atoms with E-state index in [1.54, 1.807) is 7.11 Å². The van der Waals surface area contributed by atoms with Crippen molar-refractivity contribution < 1.29 is 33.6 Å². The Morgan fingerprint density at radius 2 is 1.78 bits per heavy atom. The number of esters is 2. The van der Waals surface area contributed by atoms with Gasteiger partial charge in [0.05, 0.1) is 19.3 Å². The molecule has 0 aromatic carbocycles. The van der Waals surface area contributed by atoms with E-state index in [9.17, 15) is 14.7 Å². The number of rotatable bonds is 8. The first-order valence-electron chi connectivity index (χ1n) is 14.1. The molecule has 36 heavy (non-hydrogen) atoms. The highest BCUT2D eigenvalue weighted by Crippen LogP contribution is 2.69. The van der Waals surface area contributed by atoms with Gasteiger partial charge in [-0.15, -0.1) is 0 Å². The van der Waals surface area contributed by atoms with Gasteiger partial charge in [-0.25, -0.2) is 0 Å². The lowest BCUT2D eigenvalue weighted by atomic mass is 9.43. The number of hydrogen-bond donors (Lipinski definition) is 1. The van der Waals surface area contributed by atoms with Crippen molar-refractivity contribution in [2.45, 2.75) is 104 Å². The molecule has 206 valence electrons. The van der Waals surface area contributed by atoms with Crippen LogP contribution in [0.15, 0.2) is 0 Å². The minimum Gasteiger partial charge on any atom is -0.469 e. The fourth-order valence-corrected chi connectivity index (χ4v) is 9.50. The summed E-state index contributed by atoms with van der Waals surface area (Å²) in [7, 11) is 3.09. The minimum atomic E-state index is -0.337. The summed E-state index contributed by atoms with van der Waals surface area (Å²) in [5.41, 5.74) is -0.145. The van der Waals surface area contributed by atoms with Crippen LogP contribution in [-0.4, -0.2) is 56.4 Å². The maximum Gasteiger partial charge on any atom is 0.305 e. The molecule has 4 rings (SSSR count). The van der Waals surface area contributed by atoms with Crippen molar-refractivity contribution in [2.24, 2.45) is 46.3 Å². The maximum atomic E-state index is 12.3. The second-order valence-corrected chi connectivity index (χ2v) is 12.7. The molecule has 0 unspecified atom stereocenters. The Balaban J connectivity index is 1.60. The summed E-state index contributed by atoms with van der Waals surface area (Å²) >= 11 is 0. The molecule has 4 aliphatic carbocycles. The SMILES string of the molecule is COCO[C@H]1CC[C@@]2(C)[C@H](C1)[C@@H](O)C[C@@H]1[C@@H]2C[C@H](OC(C)=O)[C@]2(C)[C@@H]([C@H](C)CCC(=O)OC)CC[C@@H]12. The monoisotopic (exact) mass is 508 g/mol. The highest BCUT2D eigenvalue weighted by Gasteiger charge is 2.66. The van der Waals surface area contributed by atoms with Crippen LogP contribution in [0.3, 0.4) is 0 Å². The molecule has 4 fully saturated rings. The van der Waals surface area contributed by atoms with E-state index in [1.807, 2.05) is 0 Å². The molecule has 7 nitrogen and oxygen atoms in total. The van der Waals surface area contributed by atoms with E-state index in [4.69, 9.17) is 18.9 Å². The number of hydrogen-bond acceptors (Lipinski definition) is 7. The second kappa shape index (κ2) is 10.9. The second-order valence-electron chi connectivity index (χ2n) is 12.7. The van der Waals surface area contributed by atoms with Crippen LogP contribution in [-0.2, 0) is 28.5 Å². The molecule has 0 aliphatic heterocycles. The fourth-order valence-electron chi connectivity index (χ4n) is 9.50. The predicted molar refractivity (Wildman–Crippen MR) is 135 cm³/mol. The summed E-state index contributed by atoms with van der Waals surface area (Å²) in [6.07, 6.45) is 7.55. The summed E-state index contributed by atoms with van der Waals surface area (Å²) < 4.78 is 22.1. The largest absolute Gasteiger partial charge is 0.469 e. The quantitative estimate of drug-likeness (QED) is 0.374. The highest BCUT2D eigenvalue weighted by molar-refractivity contribution is 5.69. The minimum absolute atomic E-state index is 0.00355. The summed E-state index contributed by atoms with van der Waals surface area (Å²) in [4.78, 5) is 24.2. The van der Waals surface area contributed by atoms with Crippen LogP contribution in [0.4, 0.5) is 0 Å². The number of fused-ring (bicyclic) bond motifs is 5. The van der Waals surface area contributed by atoms with Gasteiger partial charge in [0.15, 0.2) is 0 Å². The Bertz CT molecular complexity index is 800. The number of aliphatic hydroxyl groups excluding tert-OH is 1. The van der Waals surface area contributed by atoms with Gasteiger partial charge in [-0.3, -0.25) is 9.59 Å². The normalized spacial score (nSPS) is 44.6. The first-order chi connectivity index (χ1) is 17.1. The molecule has 7 heteroatoms. The molecule has 0 aromatic heterocycles. The summed E-state index contributed by atoms with van der Waals surface area (Å²) in [6, 6.07) is 0. The molecule has 0 bridgehead atoms. The molecule has 0 radical (unpaired) electrons. The van der Waals surface area contributed by atoms with Crippen LogP contribution >= 0.6 is 0 Å². The third-order valence-electron chi connectivity index (χ3n) is 11.2. The Hall–Kier alpha value is -1.18. The van der Waals surface area contributed by atoms with E-state index in [0.717, 1.165) is 51.4 Å². The average molecular weight is 509 g/mol. The first kappa shape index (κ1) is 27.8. The van der Waals surface area contributed by atoms with Gasteiger partial charge in [0.25, 0.3) is 0 Å². The Morgan fingerprint density at radius 1 is 1.03 bits per heavy atom. The zero-order valence-electron chi connectivity index (χ0n) is 23.2. The Morgan fingerprint density at radius 3 is 2.44 bits per heavy atom. The molecular weight excluding hydrogens is 460 g/mol. The molecule has 0 heterocycles. The number of aliphatic hydroxyl groups is 1. The molecular formula is C29H48O7. The van der Waals surface area contributed by atoms with Gasteiger partial charge in [-0.1, -0.05) is 20.8 Å².